The zero-order valence-corrected chi connectivity index (χ0v) is 18.5. The number of amides is 1. The molecule has 1 N–H and O–H groups in total. The second-order valence-electron chi connectivity index (χ2n) is 9.39. The fourth-order valence-corrected chi connectivity index (χ4v) is 5.05. The number of piperidine rings is 1. The second-order valence-corrected chi connectivity index (χ2v) is 9.39. The Morgan fingerprint density at radius 1 is 1.16 bits per heavy atom. The number of aromatic nitrogens is 2. The highest BCUT2D eigenvalue weighted by Gasteiger charge is 2.33. The number of fused-ring (bicyclic) bond motifs is 1. The van der Waals surface area contributed by atoms with Crippen LogP contribution in [-0.4, -0.2) is 58.2 Å². The number of rotatable bonds is 4. The van der Waals surface area contributed by atoms with Crippen LogP contribution in [0, 0.1) is 0 Å². The Bertz CT molecular complexity index is 960. The van der Waals surface area contributed by atoms with Crippen LogP contribution >= 0.6 is 0 Å². The lowest BCUT2D eigenvalue weighted by atomic mass is 9.91. The molecule has 2 aliphatic heterocycles. The fourth-order valence-electron chi connectivity index (χ4n) is 5.05. The number of carbonyl (C=O) groups is 1. The number of hydrogen-bond acceptors (Lipinski definition) is 4. The SMILES string of the molecule is CC1CCc2c(ccc(-c3cnn(C4CCN(C)CC4)c3)c2OC2CCC2)N1C(=O)O. The van der Waals surface area contributed by atoms with Gasteiger partial charge in [0.25, 0.3) is 0 Å². The van der Waals surface area contributed by atoms with E-state index in [1.54, 1.807) is 0 Å². The normalized spacial score (nSPS) is 22.8. The molecule has 7 heteroatoms. The predicted molar refractivity (Wildman–Crippen MR) is 120 cm³/mol. The van der Waals surface area contributed by atoms with E-state index in [1.165, 1.54) is 11.3 Å². The number of carboxylic acid groups (broad SMARTS) is 1. The van der Waals surface area contributed by atoms with Gasteiger partial charge in [0.1, 0.15) is 5.75 Å². The van der Waals surface area contributed by atoms with Crippen LogP contribution in [0.2, 0.25) is 0 Å². The number of benzene rings is 1. The van der Waals surface area contributed by atoms with Gasteiger partial charge in [-0.15, -0.1) is 0 Å². The summed E-state index contributed by atoms with van der Waals surface area (Å²) >= 11 is 0. The van der Waals surface area contributed by atoms with Crippen molar-refractivity contribution in [1.29, 1.82) is 0 Å². The van der Waals surface area contributed by atoms with Gasteiger partial charge in [-0.05, 0) is 84.1 Å². The van der Waals surface area contributed by atoms with E-state index >= 15 is 0 Å². The Balaban J connectivity index is 1.52. The highest BCUT2D eigenvalue weighted by atomic mass is 16.5. The summed E-state index contributed by atoms with van der Waals surface area (Å²) in [5, 5.41) is 14.5. The lowest BCUT2D eigenvalue weighted by Crippen LogP contribution is -2.41. The van der Waals surface area contributed by atoms with Crippen molar-refractivity contribution in [3.63, 3.8) is 0 Å². The standard InChI is InChI=1S/C24H32N4O3/c1-16-6-7-21-22(28(16)24(29)30)9-8-20(23(21)31-19-4-3-5-19)17-14-25-27(15-17)18-10-12-26(2)13-11-18/h8-9,14-16,18-19H,3-7,10-13H2,1-2H3,(H,29,30). The van der Waals surface area contributed by atoms with Gasteiger partial charge in [0.05, 0.1) is 24.0 Å². The number of anilines is 1. The van der Waals surface area contributed by atoms with E-state index in [0.29, 0.717) is 6.04 Å². The van der Waals surface area contributed by atoms with E-state index in [2.05, 4.69) is 22.8 Å². The molecular weight excluding hydrogens is 392 g/mol. The van der Waals surface area contributed by atoms with Crippen LogP contribution in [0.1, 0.15) is 57.1 Å². The van der Waals surface area contributed by atoms with Gasteiger partial charge in [0.15, 0.2) is 0 Å². The predicted octanol–water partition coefficient (Wildman–Crippen LogP) is 4.57. The summed E-state index contributed by atoms with van der Waals surface area (Å²) in [6.45, 7) is 4.17. The minimum absolute atomic E-state index is 0.0282. The molecule has 166 valence electrons. The monoisotopic (exact) mass is 424 g/mol. The molecule has 0 bridgehead atoms. The first kappa shape index (κ1) is 20.4. The van der Waals surface area contributed by atoms with E-state index < -0.39 is 6.09 Å². The van der Waals surface area contributed by atoms with Gasteiger partial charge in [-0.3, -0.25) is 9.58 Å². The second kappa shape index (κ2) is 8.19. The summed E-state index contributed by atoms with van der Waals surface area (Å²) < 4.78 is 8.61. The molecule has 31 heavy (non-hydrogen) atoms. The topological polar surface area (TPSA) is 70.8 Å². The van der Waals surface area contributed by atoms with Crippen molar-refractivity contribution < 1.29 is 14.6 Å². The summed E-state index contributed by atoms with van der Waals surface area (Å²) in [6.07, 6.45) is 10.6. The zero-order valence-electron chi connectivity index (χ0n) is 18.5. The Hall–Kier alpha value is -2.54. The van der Waals surface area contributed by atoms with E-state index in [4.69, 9.17) is 9.84 Å². The van der Waals surface area contributed by atoms with Crippen molar-refractivity contribution in [3.8, 4) is 16.9 Å². The molecule has 1 unspecified atom stereocenters. The Morgan fingerprint density at radius 3 is 2.61 bits per heavy atom. The van der Waals surface area contributed by atoms with Gasteiger partial charge in [-0.1, -0.05) is 0 Å². The lowest BCUT2D eigenvalue weighted by molar-refractivity contribution is 0.119. The fraction of sp³-hybridized carbons (Fsp3) is 0.583. The summed E-state index contributed by atoms with van der Waals surface area (Å²) in [5.41, 5.74) is 3.88. The lowest BCUT2D eigenvalue weighted by Gasteiger charge is -2.36. The van der Waals surface area contributed by atoms with Crippen molar-refractivity contribution in [2.45, 2.75) is 70.1 Å². The van der Waals surface area contributed by atoms with E-state index in [9.17, 15) is 9.90 Å². The summed E-state index contributed by atoms with van der Waals surface area (Å²) in [4.78, 5) is 15.8. The van der Waals surface area contributed by atoms with E-state index in [0.717, 1.165) is 79.7 Å². The van der Waals surface area contributed by atoms with E-state index in [-0.39, 0.29) is 12.1 Å². The molecule has 2 aromatic rings. The van der Waals surface area contributed by atoms with Crippen LogP contribution in [0.25, 0.3) is 11.1 Å². The third-order valence-corrected chi connectivity index (χ3v) is 7.27. The van der Waals surface area contributed by atoms with Crippen molar-refractivity contribution >= 4 is 11.8 Å². The third-order valence-electron chi connectivity index (χ3n) is 7.27. The van der Waals surface area contributed by atoms with Crippen molar-refractivity contribution in [1.82, 2.24) is 14.7 Å². The first-order chi connectivity index (χ1) is 15.0. The van der Waals surface area contributed by atoms with E-state index in [1.807, 2.05) is 25.3 Å². The van der Waals surface area contributed by atoms with Crippen LogP contribution in [0.4, 0.5) is 10.5 Å². The highest BCUT2D eigenvalue weighted by Crippen LogP contribution is 2.44. The smallest absolute Gasteiger partial charge is 0.412 e. The van der Waals surface area contributed by atoms with Crippen molar-refractivity contribution in [3.05, 3.63) is 30.1 Å². The van der Waals surface area contributed by atoms with Crippen LogP contribution in [0.3, 0.4) is 0 Å². The van der Waals surface area contributed by atoms with Crippen LogP contribution in [-0.2, 0) is 6.42 Å². The van der Waals surface area contributed by atoms with Crippen molar-refractivity contribution in [2.75, 3.05) is 25.0 Å². The van der Waals surface area contributed by atoms with Gasteiger partial charge in [0.2, 0.25) is 0 Å². The number of likely N-dealkylation sites (tertiary alicyclic amines) is 1. The Kier molecular flexibility index (Phi) is 5.38. The van der Waals surface area contributed by atoms with Gasteiger partial charge < -0.3 is 14.7 Å². The maximum Gasteiger partial charge on any atom is 0.412 e. The minimum atomic E-state index is -0.897. The first-order valence-electron chi connectivity index (χ1n) is 11.6. The number of ether oxygens (including phenoxy) is 1. The molecule has 7 nitrogen and oxygen atoms in total. The molecular formula is C24H32N4O3. The maximum absolute atomic E-state index is 12.0. The summed E-state index contributed by atoms with van der Waals surface area (Å²) in [5.74, 6) is 0.864. The molecule has 0 spiro atoms. The van der Waals surface area contributed by atoms with Gasteiger partial charge >= 0.3 is 6.09 Å². The van der Waals surface area contributed by atoms with Crippen LogP contribution in [0.5, 0.6) is 5.75 Å². The zero-order chi connectivity index (χ0) is 21.5. The molecule has 0 radical (unpaired) electrons. The van der Waals surface area contributed by atoms with Crippen LogP contribution in [0.15, 0.2) is 24.5 Å². The molecule has 1 atom stereocenters. The first-order valence-corrected chi connectivity index (χ1v) is 11.6. The quantitative estimate of drug-likeness (QED) is 0.779. The Morgan fingerprint density at radius 2 is 1.94 bits per heavy atom. The molecule has 1 amide bonds. The molecule has 2 fully saturated rings. The van der Waals surface area contributed by atoms with Gasteiger partial charge in [-0.2, -0.15) is 5.10 Å². The number of hydrogen-bond donors (Lipinski definition) is 1. The van der Waals surface area contributed by atoms with Crippen molar-refractivity contribution in [2.24, 2.45) is 0 Å². The van der Waals surface area contributed by atoms with Crippen LogP contribution < -0.4 is 9.64 Å². The number of nitrogens with zero attached hydrogens (tertiary/aromatic N) is 4. The maximum atomic E-state index is 12.0. The summed E-state index contributed by atoms with van der Waals surface area (Å²) in [7, 11) is 2.17. The van der Waals surface area contributed by atoms with Gasteiger partial charge in [-0.25, -0.2) is 4.79 Å². The molecule has 1 aromatic heterocycles. The molecule has 1 aliphatic carbocycles. The third kappa shape index (κ3) is 3.80. The van der Waals surface area contributed by atoms with Gasteiger partial charge in [0, 0.05) is 28.9 Å². The average Bonchev–Trinajstić information content (AvgIpc) is 3.20. The molecule has 1 saturated carbocycles. The molecule has 3 heterocycles. The summed E-state index contributed by atoms with van der Waals surface area (Å²) in [6, 6.07) is 4.38. The average molecular weight is 425 g/mol. The molecule has 3 aliphatic rings. The minimum Gasteiger partial charge on any atom is -0.489 e. The molecule has 1 saturated heterocycles. The molecule has 5 rings (SSSR count). The highest BCUT2D eigenvalue weighted by molar-refractivity contribution is 5.91. The molecule has 1 aromatic carbocycles. The Labute approximate surface area is 183 Å². The largest absolute Gasteiger partial charge is 0.489 e.